The molecule has 0 fully saturated rings. The van der Waals surface area contributed by atoms with Crippen LogP contribution in [0.1, 0.15) is 11.1 Å². The van der Waals surface area contributed by atoms with Crippen molar-refractivity contribution in [1.29, 1.82) is 0 Å². The fraction of sp³-hybridized carbons (Fsp3) is 0.0182. The summed E-state index contributed by atoms with van der Waals surface area (Å²) in [4.78, 5) is 0. The second kappa shape index (κ2) is 10.3. The highest BCUT2D eigenvalue weighted by molar-refractivity contribution is 7.20. The standard InChI is InChI=1S/C55H32N4OSi/c1-3-15-33(16-4-1)61(34-17-5-2-6-18-34)47-28-26-37-35-19-7-10-22-42(35)58-48-25-13-14-30-56(48)55(51(47)52(37)58)50-39-21-8-11-23-43(39)57-44-32-46-41(36-20-9-12-24-45(36)60-46)31-40(44)38-27-29-49(61)59(55)53(38)54(50)57/h1-32H/q+2. The van der Waals surface area contributed by atoms with Gasteiger partial charge in [0.25, 0.3) is 11.5 Å². The van der Waals surface area contributed by atoms with Crippen LogP contribution >= 0.6 is 0 Å². The minimum Gasteiger partial charge on any atom is -0.456 e. The third-order valence-corrected chi connectivity index (χ3v) is 19.5. The van der Waals surface area contributed by atoms with Crippen LogP contribution in [0.3, 0.4) is 0 Å². The van der Waals surface area contributed by atoms with Crippen LogP contribution < -0.4 is 29.8 Å². The zero-order valence-corrected chi connectivity index (χ0v) is 33.7. The molecule has 3 aliphatic rings. The summed E-state index contributed by atoms with van der Waals surface area (Å²) in [6.07, 6.45) is 2.36. The van der Waals surface area contributed by atoms with E-state index in [1.807, 2.05) is 0 Å². The molecule has 280 valence electrons. The summed E-state index contributed by atoms with van der Waals surface area (Å²) in [6.45, 7) is 0. The third-order valence-electron chi connectivity index (χ3n) is 14.7. The largest absolute Gasteiger partial charge is 0.456 e. The van der Waals surface area contributed by atoms with Gasteiger partial charge in [-0.05, 0) is 64.1 Å². The maximum absolute atomic E-state index is 6.65. The minimum absolute atomic E-state index is 0.759. The summed E-state index contributed by atoms with van der Waals surface area (Å²) >= 11 is 0. The van der Waals surface area contributed by atoms with E-state index in [-0.39, 0.29) is 0 Å². The number of furan rings is 1. The highest BCUT2D eigenvalue weighted by Crippen LogP contribution is 2.53. The quantitative estimate of drug-likeness (QED) is 0.0981. The first-order valence-electron chi connectivity index (χ1n) is 21.2. The Bertz CT molecular complexity index is 4140. The van der Waals surface area contributed by atoms with Gasteiger partial charge in [-0.3, -0.25) is 4.57 Å². The zero-order chi connectivity index (χ0) is 39.3. The number of fused-ring (bicyclic) bond motifs is 14. The van der Waals surface area contributed by atoms with Crippen molar-refractivity contribution >= 4 is 111 Å². The van der Waals surface area contributed by atoms with Gasteiger partial charge < -0.3 is 4.42 Å². The molecule has 6 heteroatoms. The molecule has 1 atom stereocenters. The Kier molecular flexibility index (Phi) is 5.27. The van der Waals surface area contributed by atoms with Gasteiger partial charge in [-0.15, -0.1) is 0 Å². The smallest absolute Gasteiger partial charge is 0.289 e. The Morgan fingerprint density at radius 1 is 0.475 bits per heavy atom. The molecule has 1 spiro atoms. The molecule has 61 heavy (non-hydrogen) atoms. The van der Waals surface area contributed by atoms with Crippen LogP contribution in [-0.2, 0) is 5.66 Å². The SMILES string of the molecule is c1ccc([Si]2(c3ccccc3)c3ccc4c5ccccc5n5c4c3C3(c4c6ccccc6[n+]6c7cc8oc9ccccc9c8cc7c7ccc2n3c7c46)[n+]2ccccc2-5)cc1. The second-order valence-electron chi connectivity index (χ2n) is 17.2. The van der Waals surface area contributed by atoms with Crippen LogP contribution in [0.25, 0.3) is 87.8 Å². The molecule has 0 N–H and O–H groups in total. The van der Waals surface area contributed by atoms with E-state index in [9.17, 15) is 0 Å². The first kappa shape index (κ1) is 31.2. The van der Waals surface area contributed by atoms with Crippen molar-refractivity contribution in [3.63, 3.8) is 0 Å². The van der Waals surface area contributed by atoms with Crippen LogP contribution in [-0.4, -0.2) is 17.2 Å². The highest BCUT2D eigenvalue weighted by atomic mass is 28.3. The second-order valence-corrected chi connectivity index (χ2v) is 20.9. The Morgan fingerprint density at radius 2 is 1.16 bits per heavy atom. The molecule has 0 saturated heterocycles. The molecule has 13 aromatic rings. The van der Waals surface area contributed by atoms with Crippen LogP contribution in [0, 0.1) is 0 Å². The summed E-state index contributed by atoms with van der Waals surface area (Å²) in [5.41, 5.74) is 11.2. The van der Waals surface area contributed by atoms with Crippen molar-refractivity contribution in [2.45, 2.75) is 5.66 Å². The van der Waals surface area contributed by atoms with E-state index < -0.39 is 13.7 Å². The van der Waals surface area contributed by atoms with Gasteiger partial charge in [0, 0.05) is 44.4 Å². The number of para-hydroxylation sites is 3. The molecule has 16 rings (SSSR count). The summed E-state index contributed by atoms with van der Waals surface area (Å²) < 4.78 is 17.3. The Morgan fingerprint density at radius 3 is 2.00 bits per heavy atom. The fourth-order valence-electron chi connectivity index (χ4n) is 12.7. The molecule has 0 amide bonds. The molecule has 0 saturated carbocycles. The number of nitrogens with zero attached hydrogens (tertiary/aromatic N) is 4. The normalized spacial score (nSPS) is 16.7. The van der Waals surface area contributed by atoms with E-state index >= 15 is 0 Å². The predicted molar refractivity (Wildman–Crippen MR) is 247 cm³/mol. The van der Waals surface area contributed by atoms with Crippen molar-refractivity contribution in [3.05, 3.63) is 205 Å². The van der Waals surface area contributed by atoms with Gasteiger partial charge in [-0.1, -0.05) is 121 Å². The van der Waals surface area contributed by atoms with Crippen LogP contribution in [0.15, 0.2) is 199 Å². The molecule has 5 nitrogen and oxygen atoms in total. The molecular weight excluding hydrogens is 761 g/mol. The van der Waals surface area contributed by atoms with Gasteiger partial charge in [0.05, 0.1) is 28.6 Å². The van der Waals surface area contributed by atoms with Gasteiger partial charge in [-0.25, -0.2) is 4.57 Å². The molecule has 1 unspecified atom stereocenters. The molecule has 6 aromatic heterocycles. The molecule has 0 bridgehead atoms. The van der Waals surface area contributed by atoms with Crippen LogP contribution in [0.5, 0.6) is 0 Å². The van der Waals surface area contributed by atoms with Crippen molar-refractivity contribution in [1.82, 2.24) is 9.13 Å². The molecular formula is C55H32N4OSi+2. The number of aromatic nitrogens is 4. The monoisotopic (exact) mass is 792 g/mol. The molecule has 3 aliphatic heterocycles. The average Bonchev–Trinajstić information content (AvgIpc) is 4.06. The first-order valence-corrected chi connectivity index (χ1v) is 23.2. The first-order chi connectivity index (χ1) is 30.3. The highest BCUT2D eigenvalue weighted by Gasteiger charge is 2.66. The minimum atomic E-state index is -3.08. The Labute approximate surface area is 348 Å². The topological polar surface area (TPSA) is 31.0 Å². The Hall–Kier alpha value is -7.80. The molecule has 0 aliphatic carbocycles. The lowest BCUT2D eigenvalue weighted by Gasteiger charge is -2.48. The number of pyridine rings is 3. The number of benzene rings is 7. The summed E-state index contributed by atoms with van der Waals surface area (Å²) in [6, 6.07) is 71.0. The summed E-state index contributed by atoms with van der Waals surface area (Å²) in [7, 11) is -3.08. The van der Waals surface area contributed by atoms with Gasteiger partial charge in [-0.2, -0.15) is 8.97 Å². The van der Waals surface area contributed by atoms with Gasteiger partial charge in [0.1, 0.15) is 27.8 Å². The lowest BCUT2D eigenvalue weighted by Crippen LogP contribution is -2.84. The maximum atomic E-state index is 6.65. The molecule has 9 heterocycles. The maximum Gasteiger partial charge on any atom is 0.289 e. The van der Waals surface area contributed by atoms with E-state index in [0.717, 1.165) is 33.3 Å². The van der Waals surface area contributed by atoms with Gasteiger partial charge >= 0.3 is 0 Å². The predicted octanol–water partition coefficient (Wildman–Crippen LogP) is 8.59. The van der Waals surface area contributed by atoms with E-state index in [1.54, 1.807) is 0 Å². The van der Waals surface area contributed by atoms with Crippen molar-refractivity contribution in [2.24, 2.45) is 0 Å². The molecule has 7 aromatic carbocycles. The summed E-state index contributed by atoms with van der Waals surface area (Å²) in [5.74, 6) is 1.16. The number of hydrogen-bond acceptors (Lipinski definition) is 1. The van der Waals surface area contributed by atoms with E-state index in [0.29, 0.717) is 0 Å². The Balaban J connectivity index is 1.25. The van der Waals surface area contributed by atoms with Gasteiger partial charge in [0.2, 0.25) is 16.6 Å². The van der Waals surface area contributed by atoms with Crippen LogP contribution in [0.2, 0.25) is 0 Å². The van der Waals surface area contributed by atoms with Gasteiger partial charge in [0.15, 0.2) is 13.6 Å². The van der Waals surface area contributed by atoms with E-state index in [1.165, 1.54) is 86.5 Å². The van der Waals surface area contributed by atoms with Crippen molar-refractivity contribution < 1.29 is 13.4 Å². The fourth-order valence-corrected chi connectivity index (χ4v) is 17.9. The molecule has 0 radical (unpaired) electrons. The van der Waals surface area contributed by atoms with Crippen LogP contribution in [0.4, 0.5) is 0 Å². The van der Waals surface area contributed by atoms with E-state index in [4.69, 9.17) is 4.42 Å². The summed E-state index contributed by atoms with van der Waals surface area (Å²) in [5, 5.41) is 14.2. The third kappa shape index (κ3) is 3.22. The van der Waals surface area contributed by atoms with Crippen molar-refractivity contribution in [3.8, 4) is 5.82 Å². The lowest BCUT2D eigenvalue weighted by molar-refractivity contribution is -0.744. The number of rotatable bonds is 2. The zero-order valence-electron chi connectivity index (χ0n) is 32.7. The van der Waals surface area contributed by atoms with E-state index in [2.05, 4.69) is 212 Å². The lowest BCUT2D eigenvalue weighted by atomic mass is 9.87. The van der Waals surface area contributed by atoms with Crippen molar-refractivity contribution in [2.75, 3.05) is 0 Å². The number of hydrogen-bond donors (Lipinski definition) is 0. The average molecular weight is 793 g/mol.